The first kappa shape index (κ1) is 11.9. The van der Waals surface area contributed by atoms with E-state index in [9.17, 15) is 8.42 Å². The quantitative estimate of drug-likeness (QED) is 0.685. The minimum absolute atomic E-state index is 0.0274. The largest absolute Gasteiger partial charge is 0.396 e. The van der Waals surface area contributed by atoms with Gasteiger partial charge >= 0.3 is 0 Å². The van der Waals surface area contributed by atoms with Gasteiger partial charge in [-0.3, -0.25) is 0 Å². The predicted molar refractivity (Wildman–Crippen MR) is 55.5 cm³/mol. The fourth-order valence-corrected chi connectivity index (χ4v) is 2.79. The molecule has 5 heteroatoms. The van der Waals surface area contributed by atoms with Crippen molar-refractivity contribution in [3.63, 3.8) is 0 Å². The van der Waals surface area contributed by atoms with Gasteiger partial charge in [0.05, 0.1) is 5.75 Å². The predicted octanol–water partition coefficient (Wildman–Crippen LogP) is 0.478. The zero-order valence-electron chi connectivity index (χ0n) is 8.62. The summed E-state index contributed by atoms with van der Waals surface area (Å²) in [6.45, 7) is 2.57. The van der Waals surface area contributed by atoms with Crippen LogP contribution >= 0.6 is 0 Å². The lowest BCUT2D eigenvalue weighted by molar-refractivity contribution is 0.166. The Hall–Kier alpha value is -0.130. The average molecular weight is 221 g/mol. The molecule has 4 nitrogen and oxygen atoms in total. The third-order valence-electron chi connectivity index (χ3n) is 2.85. The molecule has 0 radical (unpaired) electrons. The van der Waals surface area contributed by atoms with Crippen molar-refractivity contribution in [2.75, 3.05) is 18.9 Å². The molecular weight excluding hydrogens is 202 g/mol. The second kappa shape index (κ2) is 4.59. The third kappa shape index (κ3) is 3.55. The molecule has 14 heavy (non-hydrogen) atoms. The Morgan fingerprint density at radius 3 is 2.50 bits per heavy atom. The molecule has 1 aliphatic rings. The van der Waals surface area contributed by atoms with E-state index >= 15 is 0 Å². The molecular formula is C9H19NO3S. The molecule has 0 heterocycles. The normalized spacial score (nSPS) is 20.4. The fraction of sp³-hybridized carbons (Fsp3) is 1.00. The minimum Gasteiger partial charge on any atom is -0.396 e. The van der Waals surface area contributed by atoms with Crippen molar-refractivity contribution >= 4 is 10.0 Å². The molecule has 0 aromatic carbocycles. The van der Waals surface area contributed by atoms with E-state index in [-0.39, 0.29) is 17.8 Å². The van der Waals surface area contributed by atoms with Crippen LogP contribution in [0.2, 0.25) is 0 Å². The summed E-state index contributed by atoms with van der Waals surface area (Å²) in [6, 6.07) is 0. The molecule has 84 valence electrons. The summed E-state index contributed by atoms with van der Waals surface area (Å²) in [7, 11) is -3.16. The SMILES string of the molecule is CC1(CNS(=O)(=O)CCCO)CCC1. The molecule has 0 bridgehead atoms. The number of nitrogens with one attached hydrogen (secondary N) is 1. The van der Waals surface area contributed by atoms with Gasteiger partial charge in [0, 0.05) is 13.2 Å². The Labute approximate surface area is 85.8 Å². The van der Waals surface area contributed by atoms with Crippen LogP contribution in [-0.4, -0.2) is 32.4 Å². The smallest absolute Gasteiger partial charge is 0.211 e. The molecule has 0 spiro atoms. The van der Waals surface area contributed by atoms with Crippen molar-refractivity contribution in [1.82, 2.24) is 4.72 Å². The first-order chi connectivity index (χ1) is 6.47. The number of rotatable bonds is 6. The number of aliphatic hydroxyl groups excluding tert-OH is 1. The summed E-state index contributed by atoms with van der Waals surface area (Å²) < 4.78 is 25.3. The van der Waals surface area contributed by atoms with Crippen molar-refractivity contribution in [3.05, 3.63) is 0 Å². The molecule has 1 saturated carbocycles. The van der Waals surface area contributed by atoms with E-state index in [0.29, 0.717) is 13.0 Å². The maximum atomic E-state index is 11.4. The van der Waals surface area contributed by atoms with Crippen LogP contribution in [0.5, 0.6) is 0 Å². The van der Waals surface area contributed by atoms with E-state index < -0.39 is 10.0 Å². The van der Waals surface area contributed by atoms with E-state index in [1.165, 1.54) is 6.42 Å². The summed E-state index contributed by atoms with van der Waals surface area (Å²) in [5, 5.41) is 8.52. The van der Waals surface area contributed by atoms with Gasteiger partial charge in [-0.1, -0.05) is 13.3 Å². The molecule has 2 N–H and O–H groups in total. The first-order valence-electron chi connectivity index (χ1n) is 5.06. The maximum absolute atomic E-state index is 11.4. The molecule has 1 rings (SSSR count). The monoisotopic (exact) mass is 221 g/mol. The van der Waals surface area contributed by atoms with Crippen molar-refractivity contribution < 1.29 is 13.5 Å². The van der Waals surface area contributed by atoms with Crippen LogP contribution in [0.15, 0.2) is 0 Å². The molecule has 0 amide bonds. The molecule has 1 fully saturated rings. The van der Waals surface area contributed by atoms with Gasteiger partial charge in [-0.2, -0.15) is 0 Å². The van der Waals surface area contributed by atoms with E-state index in [0.717, 1.165) is 12.8 Å². The lowest BCUT2D eigenvalue weighted by Crippen LogP contribution is -2.40. The van der Waals surface area contributed by atoms with E-state index in [1.807, 2.05) is 0 Å². The summed E-state index contributed by atoms with van der Waals surface area (Å²) in [4.78, 5) is 0. The van der Waals surface area contributed by atoms with Crippen molar-refractivity contribution in [3.8, 4) is 0 Å². The molecule has 0 aromatic heterocycles. The fourth-order valence-electron chi connectivity index (χ4n) is 1.57. The van der Waals surface area contributed by atoms with Gasteiger partial charge in [0.25, 0.3) is 0 Å². The molecule has 0 aliphatic heterocycles. The van der Waals surface area contributed by atoms with Gasteiger partial charge in [-0.15, -0.1) is 0 Å². The Morgan fingerprint density at radius 1 is 1.43 bits per heavy atom. The van der Waals surface area contributed by atoms with Crippen LogP contribution in [0.25, 0.3) is 0 Å². The first-order valence-corrected chi connectivity index (χ1v) is 6.71. The molecule has 0 aromatic rings. The highest BCUT2D eigenvalue weighted by Gasteiger charge is 2.32. The zero-order valence-corrected chi connectivity index (χ0v) is 9.44. The number of aliphatic hydroxyl groups is 1. The summed E-state index contributed by atoms with van der Waals surface area (Å²) in [6.07, 6.45) is 3.73. The van der Waals surface area contributed by atoms with Crippen LogP contribution in [-0.2, 0) is 10.0 Å². The highest BCUT2D eigenvalue weighted by molar-refractivity contribution is 7.89. The van der Waals surface area contributed by atoms with Crippen molar-refractivity contribution in [2.45, 2.75) is 32.6 Å². The average Bonchev–Trinajstić information content (AvgIpc) is 2.09. The van der Waals surface area contributed by atoms with Gasteiger partial charge in [0.1, 0.15) is 0 Å². The van der Waals surface area contributed by atoms with Crippen LogP contribution in [0, 0.1) is 5.41 Å². The summed E-state index contributed by atoms with van der Waals surface area (Å²) >= 11 is 0. The molecule has 0 unspecified atom stereocenters. The number of hydrogen-bond acceptors (Lipinski definition) is 3. The second-order valence-electron chi connectivity index (χ2n) is 4.38. The topological polar surface area (TPSA) is 66.4 Å². The lowest BCUT2D eigenvalue weighted by Gasteiger charge is -2.38. The minimum atomic E-state index is -3.16. The van der Waals surface area contributed by atoms with Crippen LogP contribution in [0.3, 0.4) is 0 Å². The van der Waals surface area contributed by atoms with Crippen LogP contribution in [0.1, 0.15) is 32.6 Å². The standard InChI is InChI=1S/C9H19NO3S/c1-9(4-2-5-9)8-10-14(12,13)7-3-6-11/h10-11H,2-8H2,1H3. The number of hydrogen-bond donors (Lipinski definition) is 2. The highest BCUT2D eigenvalue weighted by Crippen LogP contribution is 2.39. The highest BCUT2D eigenvalue weighted by atomic mass is 32.2. The Morgan fingerprint density at radius 2 is 2.07 bits per heavy atom. The van der Waals surface area contributed by atoms with Gasteiger partial charge in [0.15, 0.2) is 0 Å². The van der Waals surface area contributed by atoms with Crippen molar-refractivity contribution in [1.29, 1.82) is 0 Å². The third-order valence-corrected chi connectivity index (χ3v) is 4.26. The van der Waals surface area contributed by atoms with Crippen LogP contribution < -0.4 is 4.72 Å². The Kier molecular flexibility index (Phi) is 3.92. The lowest BCUT2D eigenvalue weighted by atomic mass is 9.71. The Bertz CT molecular complexity index is 270. The zero-order chi connectivity index (χ0) is 10.7. The van der Waals surface area contributed by atoms with Gasteiger partial charge in [-0.05, 0) is 24.7 Å². The van der Waals surface area contributed by atoms with Gasteiger partial charge in [-0.25, -0.2) is 13.1 Å². The van der Waals surface area contributed by atoms with E-state index in [4.69, 9.17) is 5.11 Å². The van der Waals surface area contributed by atoms with Crippen LogP contribution in [0.4, 0.5) is 0 Å². The molecule has 0 saturated heterocycles. The number of sulfonamides is 1. The maximum Gasteiger partial charge on any atom is 0.211 e. The molecule has 1 aliphatic carbocycles. The van der Waals surface area contributed by atoms with Crippen molar-refractivity contribution in [2.24, 2.45) is 5.41 Å². The van der Waals surface area contributed by atoms with E-state index in [1.54, 1.807) is 0 Å². The summed E-state index contributed by atoms with van der Waals surface area (Å²) in [5.74, 6) is 0.0274. The second-order valence-corrected chi connectivity index (χ2v) is 6.31. The van der Waals surface area contributed by atoms with Gasteiger partial charge in [0.2, 0.25) is 10.0 Å². The Balaban J connectivity index is 2.28. The molecule has 0 atom stereocenters. The van der Waals surface area contributed by atoms with E-state index in [2.05, 4.69) is 11.6 Å². The summed E-state index contributed by atoms with van der Waals surface area (Å²) in [5.41, 5.74) is 0.173. The van der Waals surface area contributed by atoms with Gasteiger partial charge < -0.3 is 5.11 Å².